The average Bonchev–Trinajstić information content (AvgIpc) is 2.94. The van der Waals surface area contributed by atoms with Crippen molar-refractivity contribution in [2.45, 2.75) is 0 Å². The van der Waals surface area contributed by atoms with Gasteiger partial charge in [-0.1, -0.05) is 24.2 Å². The first-order valence-electron chi connectivity index (χ1n) is 5.73. The Hall–Kier alpha value is -2.80. The molecule has 0 spiro atoms. The van der Waals surface area contributed by atoms with Crippen LogP contribution in [-0.4, -0.2) is 10.8 Å². The van der Waals surface area contributed by atoms with Crippen LogP contribution in [0.4, 0.5) is 5.88 Å². The van der Waals surface area contributed by atoms with Crippen molar-refractivity contribution < 1.29 is 14.1 Å². The first-order valence-corrected chi connectivity index (χ1v) is 6.10. The summed E-state index contributed by atoms with van der Waals surface area (Å²) >= 11 is 5.78. The highest BCUT2D eigenvalue weighted by Crippen LogP contribution is 2.19. The second-order valence-electron chi connectivity index (χ2n) is 3.96. The quantitative estimate of drug-likeness (QED) is 0.654. The Morgan fingerprint density at radius 2 is 2.05 bits per heavy atom. The summed E-state index contributed by atoms with van der Waals surface area (Å²) in [4.78, 5) is 21.7. The lowest BCUT2D eigenvalue weighted by Crippen LogP contribution is -2.35. The van der Waals surface area contributed by atoms with E-state index < -0.39 is 16.7 Å². The molecule has 0 bridgehead atoms. The molecule has 0 radical (unpaired) electrons. The van der Waals surface area contributed by atoms with Crippen molar-refractivity contribution in [1.29, 1.82) is 0 Å². The molecule has 0 atom stereocenters. The van der Waals surface area contributed by atoms with Crippen molar-refractivity contribution in [3.05, 3.63) is 69.4 Å². The Morgan fingerprint density at radius 1 is 1.29 bits per heavy atom. The van der Waals surface area contributed by atoms with Crippen molar-refractivity contribution in [3.63, 3.8) is 0 Å². The van der Waals surface area contributed by atoms with E-state index in [9.17, 15) is 14.9 Å². The minimum atomic E-state index is -0.665. The molecule has 0 aliphatic carbocycles. The molecule has 1 aromatic heterocycles. The number of nitro groups is 1. The van der Waals surface area contributed by atoms with Crippen molar-refractivity contribution in [3.8, 4) is 0 Å². The fraction of sp³-hybridized carbons (Fsp3) is 0. The third-order valence-corrected chi connectivity index (χ3v) is 2.72. The molecule has 2 aromatic rings. The number of carbonyl (C=O) groups is 1. The van der Waals surface area contributed by atoms with Crippen LogP contribution < -0.4 is 10.9 Å². The number of hydrogen-bond donors (Lipinski definition) is 2. The fourth-order valence-corrected chi connectivity index (χ4v) is 1.67. The van der Waals surface area contributed by atoms with Gasteiger partial charge in [0.15, 0.2) is 5.76 Å². The normalized spacial score (nSPS) is 9.95. The number of halogens is 1. The predicted molar refractivity (Wildman–Crippen MR) is 76.5 cm³/mol. The smallest absolute Gasteiger partial charge is 0.399 e. The van der Waals surface area contributed by atoms with Crippen LogP contribution in [0.2, 0.25) is 5.02 Å². The zero-order chi connectivity index (χ0) is 15.4. The Balaban J connectivity index is 1.97. The van der Waals surface area contributed by atoms with Gasteiger partial charge in [0.25, 0.3) is 5.91 Å². The van der Waals surface area contributed by atoms with Gasteiger partial charge in [0.2, 0.25) is 0 Å². The van der Waals surface area contributed by atoms with Gasteiger partial charge in [-0.15, -0.1) is 0 Å². The molecule has 0 aliphatic rings. The molecule has 0 saturated heterocycles. The summed E-state index contributed by atoms with van der Waals surface area (Å²) in [6.45, 7) is 3.61. The number of nitrogens with one attached hydrogen (secondary N) is 2. The third kappa shape index (κ3) is 3.61. The number of benzene rings is 1. The van der Waals surface area contributed by atoms with E-state index >= 15 is 0 Å². The van der Waals surface area contributed by atoms with Crippen LogP contribution in [0.25, 0.3) is 5.70 Å². The van der Waals surface area contributed by atoms with Gasteiger partial charge < -0.3 is 4.42 Å². The van der Waals surface area contributed by atoms with E-state index in [2.05, 4.69) is 17.4 Å². The highest BCUT2D eigenvalue weighted by atomic mass is 35.5. The van der Waals surface area contributed by atoms with Crippen LogP contribution in [0.1, 0.15) is 16.1 Å². The molecule has 2 N–H and O–H groups in total. The first-order chi connectivity index (χ1) is 9.97. The summed E-state index contributed by atoms with van der Waals surface area (Å²) in [6.07, 6.45) is 0. The lowest BCUT2D eigenvalue weighted by Gasteiger charge is -2.09. The molecular formula is C13H10ClN3O4. The van der Waals surface area contributed by atoms with E-state index in [0.29, 0.717) is 10.6 Å². The molecule has 7 nitrogen and oxygen atoms in total. The molecule has 1 heterocycles. The van der Waals surface area contributed by atoms with Gasteiger partial charge in [-0.3, -0.25) is 25.8 Å². The summed E-state index contributed by atoms with van der Waals surface area (Å²) in [5.74, 6) is -0.693. The molecule has 1 aromatic carbocycles. The molecule has 108 valence electrons. The highest BCUT2D eigenvalue weighted by molar-refractivity contribution is 6.30. The zero-order valence-electron chi connectivity index (χ0n) is 10.6. The van der Waals surface area contributed by atoms with Crippen molar-refractivity contribution in [1.82, 2.24) is 10.9 Å². The number of rotatable bonds is 5. The van der Waals surface area contributed by atoms with Crippen LogP contribution in [0, 0.1) is 10.1 Å². The maximum absolute atomic E-state index is 11.8. The molecule has 2 rings (SSSR count). The van der Waals surface area contributed by atoms with Crippen LogP contribution in [0.5, 0.6) is 0 Å². The topological polar surface area (TPSA) is 97.4 Å². The number of hydrogen-bond acceptors (Lipinski definition) is 5. The molecule has 1 amide bonds. The minimum Gasteiger partial charge on any atom is -0.399 e. The standard InChI is InChI=1S/C13H10ClN3O4/c1-8(11-5-6-12(21-11)17(19)20)15-16-13(18)9-3-2-4-10(14)7-9/h2-7,15H,1H2,(H,16,18). The molecule has 0 aliphatic heterocycles. The van der Waals surface area contributed by atoms with E-state index in [1.807, 2.05) is 0 Å². The predicted octanol–water partition coefficient (Wildman–Crippen LogP) is 2.75. The molecule has 8 heteroatoms. The van der Waals surface area contributed by atoms with E-state index in [4.69, 9.17) is 16.0 Å². The lowest BCUT2D eigenvalue weighted by atomic mass is 10.2. The van der Waals surface area contributed by atoms with E-state index in [-0.39, 0.29) is 11.5 Å². The molecule has 0 saturated carbocycles. The Kier molecular flexibility index (Phi) is 4.24. The second-order valence-corrected chi connectivity index (χ2v) is 4.40. The van der Waals surface area contributed by atoms with Gasteiger partial charge in [0.05, 0.1) is 11.8 Å². The van der Waals surface area contributed by atoms with Crippen LogP contribution in [0.15, 0.2) is 47.4 Å². The van der Waals surface area contributed by atoms with Crippen molar-refractivity contribution in [2.75, 3.05) is 0 Å². The average molecular weight is 308 g/mol. The third-order valence-electron chi connectivity index (χ3n) is 2.48. The van der Waals surface area contributed by atoms with Gasteiger partial charge in [-0.25, -0.2) is 0 Å². The minimum absolute atomic E-state index is 0.146. The van der Waals surface area contributed by atoms with Gasteiger partial charge in [-0.05, 0) is 24.3 Å². The highest BCUT2D eigenvalue weighted by Gasteiger charge is 2.14. The summed E-state index contributed by atoms with van der Waals surface area (Å²) in [7, 11) is 0. The summed E-state index contributed by atoms with van der Waals surface area (Å²) in [6, 6.07) is 8.94. The molecule has 21 heavy (non-hydrogen) atoms. The Bertz CT molecular complexity index is 711. The number of carbonyl (C=O) groups excluding carboxylic acids is 1. The SMILES string of the molecule is C=C(NNC(=O)c1cccc(Cl)c1)c1ccc([N+](=O)[O-])o1. The second kappa shape index (κ2) is 6.10. The summed E-state index contributed by atoms with van der Waals surface area (Å²) < 4.78 is 4.93. The number of furan rings is 1. The van der Waals surface area contributed by atoms with E-state index in [1.54, 1.807) is 18.2 Å². The molecular weight excluding hydrogens is 298 g/mol. The number of hydrazine groups is 1. The first kappa shape index (κ1) is 14.6. The van der Waals surface area contributed by atoms with Gasteiger partial charge in [-0.2, -0.15) is 0 Å². The van der Waals surface area contributed by atoms with Crippen molar-refractivity contribution >= 4 is 29.1 Å². The molecule has 0 unspecified atom stereocenters. The van der Waals surface area contributed by atoms with E-state index in [1.165, 1.54) is 18.2 Å². The maximum Gasteiger partial charge on any atom is 0.433 e. The van der Waals surface area contributed by atoms with E-state index in [0.717, 1.165) is 0 Å². The monoisotopic (exact) mass is 307 g/mol. The maximum atomic E-state index is 11.8. The Morgan fingerprint density at radius 3 is 2.67 bits per heavy atom. The molecule has 0 fully saturated rings. The fourth-order valence-electron chi connectivity index (χ4n) is 1.48. The van der Waals surface area contributed by atoms with Crippen LogP contribution in [0.3, 0.4) is 0 Å². The van der Waals surface area contributed by atoms with Gasteiger partial charge in [0.1, 0.15) is 4.92 Å². The lowest BCUT2D eigenvalue weighted by molar-refractivity contribution is -0.402. The van der Waals surface area contributed by atoms with Crippen LogP contribution in [-0.2, 0) is 0 Å². The number of amides is 1. The van der Waals surface area contributed by atoms with Gasteiger partial charge in [0, 0.05) is 10.6 Å². The summed E-state index contributed by atoms with van der Waals surface area (Å²) in [5.41, 5.74) is 5.44. The van der Waals surface area contributed by atoms with Gasteiger partial charge >= 0.3 is 5.88 Å². The number of nitrogens with zero attached hydrogens (tertiary/aromatic N) is 1. The van der Waals surface area contributed by atoms with Crippen molar-refractivity contribution in [2.24, 2.45) is 0 Å². The summed E-state index contributed by atoms with van der Waals surface area (Å²) in [5, 5.41) is 10.9. The Labute approximate surface area is 124 Å². The van der Waals surface area contributed by atoms with Crippen LogP contribution >= 0.6 is 11.6 Å². The zero-order valence-corrected chi connectivity index (χ0v) is 11.4. The largest absolute Gasteiger partial charge is 0.433 e.